The van der Waals surface area contributed by atoms with Gasteiger partial charge in [0.15, 0.2) is 6.61 Å². The summed E-state index contributed by atoms with van der Waals surface area (Å²) in [5.41, 5.74) is 0.0861. The van der Waals surface area contributed by atoms with E-state index >= 15 is 0 Å². The molecule has 1 aromatic rings. The minimum atomic E-state index is -0.549. The van der Waals surface area contributed by atoms with E-state index in [-0.39, 0.29) is 42.5 Å². The Bertz CT molecular complexity index is 708. The van der Waals surface area contributed by atoms with E-state index < -0.39 is 10.8 Å². The minimum absolute atomic E-state index is 0.00183. The Morgan fingerprint density at radius 3 is 3.04 bits per heavy atom. The number of non-ortho nitro benzene ring substituents is 1. The molecule has 1 saturated heterocycles. The van der Waals surface area contributed by atoms with E-state index in [0.717, 1.165) is 19.4 Å². The number of anilines is 1. The van der Waals surface area contributed by atoms with Gasteiger partial charge in [-0.1, -0.05) is 0 Å². The van der Waals surface area contributed by atoms with Crippen molar-refractivity contribution in [1.82, 2.24) is 10.6 Å². The highest BCUT2D eigenvalue weighted by atomic mass is 16.6. The summed E-state index contributed by atoms with van der Waals surface area (Å²) in [6, 6.07) is 4.17. The zero-order valence-corrected chi connectivity index (χ0v) is 13.9. The monoisotopic (exact) mass is 348 g/mol. The summed E-state index contributed by atoms with van der Waals surface area (Å²) < 4.78 is 5.29. The Morgan fingerprint density at radius 2 is 2.32 bits per heavy atom. The second kappa shape index (κ2) is 7.06. The number of amides is 2. The molecule has 2 unspecified atom stereocenters. The Balaban J connectivity index is 1.75. The van der Waals surface area contributed by atoms with Crippen molar-refractivity contribution in [3.8, 4) is 5.75 Å². The molecule has 2 N–H and O–H groups in total. The van der Waals surface area contributed by atoms with Crippen LogP contribution in [-0.4, -0.2) is 48.5 Å². The van der Waals surface area contributed by atoms with Gasteiger partial charge in [0.2, 0.25) is 5.91 Å². The maximum atomic E-state index is 12.4. The van der Waals surface area contributed by atoms with E-state index in [0.29, 0.717) is 5.75 Å². The highest BCUT2D eigenvalue weighted by Crippen LogP contribution is 2.35. The fraction of sp³-hybridized carbons (Fsp3) is 0.500. The van der Waals surface area contributed by atoms with Gasteiger partial charge in [-0.15, -0.1) is 0 Å². The lowest BCUT2D eigenvalue weighted by Crippen LogP contribution is -2.54. The predicted molar refractivity (Wildman–Crippen MR) is 89.6 cm³/mol. The number of hydrogen-bond acceptors (Lipinski definition) is 6. The van der Waals surface area contributed by atoms with E-state index in [4.69, 9.17) is 4.74 Å². The number of hydrogen-bond donors (Lipinski definition) is 2. The van der Waals surface area contributed by atoms with E-state index in [1.807, 2.05) is 6.92 Å². The van der Waals surface area contributed by atoms with Gasteiger partial charge in [-0.05, 0) is 32.4 Å². The summed E-state index contributed by atoms with van der Waals surface area (Å²) in [4.78, 5) is 36.2. The number of ether oxygens (including phenoxy) is 1. The third kappa shape index (κ3) is 3.71. The van der Waals surface area contributed by atoms with Crippen LogP contribution < -0.4 is 20.3 Å². The number of nitrogens with one attached hydrogen (secondary N) is 2. The van der Waals surface area contributed by atoms with Crippen LogP contribution in [0.3, 0.4) is 0 Å². The molecule has 0 spiro atoms. The number of benzene rings is 1. The fourth-order valence-electron chi connectivity index (χ4n) is 3.11. The number of nitro benzene ring substituents is 1. The summed E-state index contributed by atoms with van der Waals surface area (Å²) in [6.07, 6.45) is 1.85. The molecule has 0 radical (unpaired) electrons. The second-order valence-corrected chi connectivity index (χ2v) is 6.24. The van der Waals surface area contributed by atoms with Crippen LogP contribution >= 0.6 is 0 Å². The zero-order valence-electron chi connectivity index (χ0n) is 13.9. The van der Waals surface area contributed by atoms with Gasteiger partial charge in [0.25, 0.3) is 11.6 Å². The molecule has 134 valence electrons. The van der Waals surface area contributed by atoms with Crippen molar-refractivity contribution in [3.05, 3.63) is 28.3 Å². The van der Waals surface area contributed by atoms with Crippen LogP contribution in [0.1, 0.15) is 19.8 Å². The third-order valence-corrected chi connectivity index (χ3v) is 4.51. The van der Waals surface area contributed by atoms with Crippen LogP contribution in [0.2, 0.25) is 0 Å². The Labute approximate surface area is 144 Å². The molecule has 25 heavy (non-hydrogen) atoms. The molecule has 2 atom stereocenters. The van der Waals surface area contributed by atoms with Crippen molar-refractivity contribution in [2.45, 2.75) is 31.8 Å². The number of nitro groups is 1. The molecule has 2 amide bonds. The SMILES string of the molecule is CC1NCCCC1NC(=O)CN1C(=O)COc2ccc([N+](=O)[O-])cc21. The van der Waals surface area contributed by atoms with Crippen molar-refractivity contribution in [1.29, 1.82) is 0 Å². The number of carbonyl (C=O) groups is 2. The van der Waals surface area contributed by atoms with Crippen LogP contribution in [0.4, 0.5) is 11.4 Å². The number of nitrogens with zero attached hydrogens (tertiary/aromatic N) is 2. The van der Waals surface area contributed by atoms with Crippen molar-refractivity contribution in [2.75, 3.05) is 24.6 Å². The summed E-state index contributed by atoms with van der Waals surface area (Å²) in [5.74, 6) is -0.350. The average molecular weight is 348 g/mol. The fourth-order valence-corrected chi connectivity index (χ4v) is 3.11. The molecule has 0 aromatic heterocycles. The topological polar surface area (TPSA) is 114 Å². The van der Waals surface area contributed by atoms with Crippen LogP contribution in [0.25, 0.3) is 0 Å². The normalized spacial score (nSPS) is 22.8. The maximum Gasteiger partial charge on any atom is 0.271 e. The van der Waals surface area contributed by atoms with Gasteiger partial charge in [0, 0.05) is 24.2 Å². The molecule has 2 heterocycles. The van der Waals surface area contributed by atoms with E-state index in [1.54, 1.807) is 0 Å². The minimum Gasteiger partial charge on any atom is -0.482 e. The quantitative estimate of drug-likeness (QED) is 0.608. The van der Waals surface area contributed by atoms with Crippen molar-refractivity contribution >= 4 is 23.2 Å². The van der Waals surface area contributed by atoms with E-state index in [1.165, 1.54) is 23.1 Å². The largest absolute Gasteiger partial charge is 0.482 e. The second-order valence-electron chi connectivity index (χ2n) is 6.24. The van der Waals surface area contributed by atoms with Crippen LogP contribution in [0.5, 0.6) is 5.75 Å². The predicted octanol–water partition coefficient (Wildman–Crippen LogP) is 0.577. The van der Waals surface area contributed by atoms with Gasteiger partial charge >= 0.3 is 0 Å². The molecular formula is C16H20N4O5. The summed E-state index contributed by atoms with van der Waals surface area (Å²) in [6.45, 7) is 2.54. The van der Waals surface area contributed by atoms with Gasteiger partial charge in [-0.3, -0.25) is 24.6 Å². The summed E-state index contributed by atoms with van der Waals surface area (Å²) in [5, 5.41) is 17.2. The molecule has 9 nitrogen and oxygen atoms in total. The van der Waals surface area contributed by atoms with Crippen LogP contribution in [-0.2, 0) is 9.59 Å². The van der Waals surface area contributed by atoms with E-state index in [9.17, 15) is 19.7 Å². The first-order valence-electron chi connectivity index (χ1n) is 8.20. The first-order chi connectivity index (χ1) is 12.0. The zero-order chi connectivity index (χ0) is 18.0. The molecule has 1 aromatic carbocycles. The lowest BCUT2D eigenvalue weighted by Gasteiger charge is -2.32. The lowest BCUT2D eigenvalue weighted by atomic mass is 10.00. The molecular weight excluding hydrogens is 328 g/mol. The van der Waals surface area contributed by atoms with Gasteiger partial charge in [-0.25, -0.2) is 0 Å². The lowest BCUT2D eigenvalue weighted by molar-refractivity contribution is -0.384. The first kappa shape index (κ1) is 17.2. The van der Waals surface area contributed by atoms with Crippen molar-refractivity contribution < 1.29 is 19.2 Å². The van der Waals surface area contributed by atoms with Crippen LogP contribution in [0.15, 0.2) is 18.2 Å². The highest BCUT2D eigenvalue weighted by molar-refractivity contribution is 6.02. The standard InChI is InChI=1S/C16H20N4O5/c1-10-12(3-2-6-17-10)18-15(21)8-19-13-7-11(20(23)24)4-5-14(13)25-9-16(19)22/h4-5,7,10,12,17H,2-3,6,8-9H2,1H3,(H,18,21). The van der Waals surface area contributed by atoms with E-state index in [2.05, 4.69) is 10.6 Å². The highest BCUT2D eigenvalue weighted by Gasteiger charge is 2.30. The van der Waals surface area contributed by atoms with Gasteiger partial charge in [0.05, 0.1) is 10.6 Å². The molecule has 0 saturated carbocycles. The molecule has 1 fully saturated rings. The maximum absolute atomic E-state index is 12.4. The van der Waals surface area contributed by atoms with Crippen molar-refractivity contribution in [2.24, 2.45) is 0 Å². The third-order valence-electron chi connectivity index (χ3n) is 4.51. The molecule has 0 aliphatic carbocycles. The average Bonchev–Trinajstić information content (AvgIpc) is 2.59. The Hall–Kier alpha value is -2.68. The van der Waals surface area contributed by atoms with Crippen molar-refractivity contribution in [3.63, 3.8) is 0 Å². The number of fused-ring (bicyclic) bond motifs is 1. The summed E-state index contributed by atoms with van der Waals surface area (Å²) in [7, 11) is 0. The molecule has 2 aliphatic heterocycles. The number of carbonyl (C=O) groups excluding carboxylic acids is 2. The van der Waals surface area contributed by atoms with Gasteiger partial charge in [-0.2, -0.15) is 0 Å². The smallest absolute Gasteiger partial charge is 0.271 e. The first-order valence-corrected chi connectivity index (χ1v) is 8.20. The molecule has 2 aliphatic rings. The Kier molecular flexibility index (Phi) is 4.84. The Morgan fingerprint density at radius 1 is 1.52 bits per heavy atom. The molecule has 0 bridgehead atoms. The number of rotatable bonds is 4. The molecule has 3 rings (SSSR count). The van der Waals surface area contributed by atoms with Gasteiger partial charge in [0.1, 0.15) is 12.3 Å². The van der Waals surface area contributed by atoms with Crippen LogP contribution in [0, 0.1) is 10.1 Å². The number of piperidine rings is 1. The summed E-state index contributed by atoms with van der Waals surface area (Å²) >= 11 is 0. The van der Waals surface area contributed by atoms with Gasteiger partial charge < -0.3 is 15.4 Å². The molecule has 9 heteroatoms.